The molecule has 1 fully saturated rings. The molecule has 2 rings (SSSR count). The second-order valence-corrected chi connectivity index (χ2v) is 4.47. The first-order valence-corrected chi connectivity index (χ1v) is 6.37. The third kappa shape index (κ3) is 2.67. The smallest absolute Gasteiger partial charge is 0.417 e. The highest BCUT2D eigenvalue weighted by Crippen LogP contribution is 2.28. The predicted molar refractivity (Wildman–Crippen MR) is 71.4 cm³/mol. The summed E-state index contributed by atoms with van der Waals surface area (Å²) in [4.78, 5) is 25.3. The molecule has 0 bridgehead atoms. The summed E-state index contributed by atoms with van der Waals surface area (Å²) in [5, 5.41) is 0. The molecule has 100 valence electrons. The van der Waals surface area contributed by atoms with E-state index in [-0.39, 0.29) is 18.6 Å². The average molecular weight is 259 g/mol. The molecule has 4 nitrogen and oxygen atoms in total. The predicted octanol–water partition coefficient (Wildman–Crippen LogP) is 3.06. The Kier molecular flexibility index (Phi) is 4.00. The lowest BCUT2D eigenvalue weighted by Crippen LogP contribution is -2.34. The number of carbonyl (C=O) groups is 2. The van der Waals surface area contributed by atoms with Crippen molar-refractivity contribution in [2.75, 3.05) is 6.61 Å². The molecule has 0 aliphatic carbocycles. The Morgan fingerprint density at radius 1 is 1.42 bits per heavy atom. The van der Waals surface area contributed by atoms with Crippen molar-refractivity contribution in [3.8, 4) is 0 Å². The van der Waals surface area contributed by atoms with Gasteiger partial charge in [-0.1, -0.05) is 43.3 Å². The molecular weight excluding hydrogens is 242 g/mol. The zero-order chi connectivity index (χ0) is 13.8. The molecule has 0 spiro atoms. The minimum Gasteiger partial charge on any atom is -0.446 e. The highest BCUT2D eigenvalue weighted by Gasteiger charge is 2.39. The topological polar surface area (TPSA) is 46.6 Å². The third-order valence-electron chi connectivity index (χ3n) is 3.12. The molecule has 0 N–H and O–H groups in total. The summed E-state index contributed by atoms with van der Waals surface area (Å²) in [5.74, 6) is -0.279. The molecule has 19 heavy (non-hydrogen) atoms. The van der Waals surface area contributed by atoms with E-state index in [1.165, 1.54) is 4.90 Å². The summed E-state index contributed by atoms with van der Waals surface area (Å²) in [6.07, 6.45) is 2.01. The van der Waals surface area contributed by atoms with Crippen molar-refractivity contribution < 1.29 is 14.3 Å². The molecule has 4 heteroatoms. The van der Waals surface area contributed by atoms with Gasteiger partial charge in [0, 0.05) is 5.57 Å². The van der Waals surface area contributed by atoms with Crippen LogP contribution in [0.3, 0.4) is 0 Å². The van der Waals surface area contributed by atoms with Crippen LogP contribution in [-0.2, 0) is 9.53 Å². The van der Waals surface area contributed by atoms with Crippen molar-refractivity contribution in [3.05, 3.63) is 47.5 Å². The van der Waals surface area contributed by atoms with Gasteiger partial charge < -0.3 is 4.74 Å². The fourth-order valence-electron chi connectivity index (χ4n) is 2.15. The summed E-state index contributed by atoms with van der Waals surface area (Å²) in [5.41, 5.74) is 1.48. The quantitative estimate of drug-likeness (QED) is 0.784. The van der Waals surface area contributed by atoms with E-state index in [2.05, 4.69) is 0 Å². The van der Waals surface area contributed by atoms with E-state index in [1.54, 1.807) is 6.92 Å². The fourth-order valence-corrected chi connectivity index (χ4v) is 2.15. The molecule has 0 unspecified atom stereocenters. The maximum Gasteiger partial charge on any atom is 0.417 e. The molecule has 0 aromatic heterocycles. The van der Waals surface area contributed by atoms with Crippen LogP contribution in [-0.4, -0.2) is 23.5 Å². The van der Waals surface area contributed by atoms with Crippen LogP contribution in [0.4, 0.5) is 4.79 Å². The molecule has 1 atom stereocenters. The van der Waals surface area contributed by atoms with E-state index in [9.17, 15) is 9.59 Å². The maximum absolute atomic E-state index is 12.3. The third-order valence-corrected chi connectivity index (χ3v) is 3.12. The van der Waals surface area contributed by atoms with Crippen LogP contribution >= 0.6 is 0 Å². The Labute approximate surface area is 112 Å². The van der Waals surface area contributed by atoms with Gasteiger partial charge in [0.05, 0.1) is 0 Å². The largest absolute Gasteiger partial charge is 0.446 e. The molecule has 1 aromatic carbocycles. The van der Waals surface area contributed by atoms with Crippen molar-refractivity contribution in [2.24, 2.45) is 0 Å². The van der Waals surface area contributed by atoms with Gasteiger partial charge >= 0.3 is 6.09 Å². The lowest BCUT2D eigenvalue weighted by atomic mass is 10.1. The molecule has 1 aliphatic rings. The zero-order valence-corrected chi connectivity index (χ0v) is 11.1. The van der Waals surface area contributed by atoms with Gasteiger partial charge in [0.2, 0.25) is 0 Å². The summed E-state index contributed by atoms with van der Waals surface area (Å²) in [6, 6.07) is 9.12. The minimum atomic E-state index is -0.567. The van der Waals surface area contributed by atoms with E-state index in [0.717, 1.165) is 12.0 Å². The molecule has 1 aromatic rings. The van der Waals surface area contributed by atoms with Crippen LogP contribution in [0.25, 0.3) is 0 Å². The van der Waals surface area contributed by atoms with E-state index in [1.807, 2.05) is 43.3 Å². The minimum absolute atomic E-state index is 0.216. The zero-order valence-electron chi connectivity index (χ0n) is 11.1. The van der Waals surface area contributed by atoms with Gasteiger partial charge in [-0.3, -0.25) is 4.79 Å². The summed E-state index contributed by atoms with van der Waals surface area (Å²) >= 11 is 0. The summed E-state index contributed by atoms with van der Waals surface area (Å²) in [6.45, 7) is 3.89. The van der Waals surface area contributed by atoms with Gasteiger partial charge in [0.15, 0.2) is 0 Å². The number of rotatable bonds is 3. The number of cyclic esters (lactones) is 1. The standard InChI is InChI=1S/C15H17NO3/c1-3-7-11(2)14(17)16-13(10-19-15(16)18)12-8-5-4-6-9-12/h4-9,13H,3,10H2,1-2H3/t13-/m1/s1. The van der Waals surface area contributed by atoms with E-state index in [0.29, 0.717) is 5.57 Å². The van der Waals surface area contributed by atoms with Crippen LogP contribution in [0.15, 0.2) is 42.0 Å². The van der Waals surface area contributed by atoms with Gasteiger partial charge in [-0.25, -0.2) is 9.69 Å². The van der Waals surface area contributed by atoms with E-state index < -0.39 is 6.09 Å². The highest BCUT2D eigenvalue weighted by molar-refractivity contribution is 6.03. The number of imide groups is 1. The first-order chi connectivity index (χ1) is 9.15. The van der Waals surface area contributed by atoms with Gasteiger partial charge in [-0.05, 0) is 18.9 Å². The normalized spacial score (nSPS) is 19.5. The van der Waals surface area contributed by atoms with E-state index in [4.69, 9.17) is 4.74 Å². The van der Waals surface area contributed by atoms with Gasteiger partial charge in [-0.15, -0.1) is 0 Å². The first-order valence-electron chi connectivity index (χ1n) is 6.37. The first kappa shape index (κ1) is 13.3. The van der Waals surface area contributed by atoms with Crippen molar-refractivity contribution >= 4 is 12.0 Å². The second-order valence-electron chi connectivity index (χ2n) is 4.47. The lowest BCUT2D eigenvalue weighted by Gasteiger charge is -2.20. The Morgan fingerprint density at radius 3 is 2.74 bits per heavy atom. The number of allylic oxidation sites excluding steroid dienone is 1. The Morgan fingerprint density at radius 2 is 2.11 bits per heavy atom. The van der Waals surface area contributed by atoms with Crippen molar-refractivity contribution in [1.82, 2.24) is 4.90 Å². The molecule has 1 aliphatic heterocycles. The monoisotopic (exact) mass is 259 g/mol. The van der Waals surface area contributed by atoms with Crippen molar-refractivity contribution in [2.45, 2.75) is 26.3 Å². The number of ether oxygens (including phenoxy) is 1. The summed E-state index contributed by atoms with van der Waals surface area (Å²) < 4.78 is 5.02. The van der Waals surface area contributed by atoms with Crippen LogP contribution < -0.4 is 0 Å². The fraction of sp³-hybridized carbons (Fsp3) is 0.333. The SMILES string of the molecule is CCC=C(C)C(=O)N1C(=O)OC[C@@H]1c1ccccc1. The number of hydrogen-bond donors (Lipinski definition) is 0. The number of amides is 2. The number of benzene rings is 1. The molecule has 1 heterocycles. The van der Waals surface area contributed by atoms with E-state index >= 15 is 0 Å². The molecule has 0 saturated carbocycles. The van der Waals surface area contributed by atoms with Crippen LogP contribution in [0.2, 0.25) is 0 Å². The van der Waals surface area contributed by atoms with Gasteiger partial charge in [0.25, 0.3) is 5.91 Å². The average Bonchev–Trinajstić information content (AvgIpc) is 2.81. The van der Waals surface area contributed by atoms with Crippen LogP contribution in [0, 0.1) is 0 Å². The molecular formula is C15H17NO3. The molecule has 1 saturated heterocycles. The van der Waals surface area contributed by atoms with Crippen molar-refractivity contribution in [1.29, 1.82) is 0 Å². The lowest BCUT2D eigenvalue weighted by molar-refractivity contribution is -0.125. The van der Waals surface area contributed by atoms with Crippen LogP contribution in [0.5, 0.6) is 0 Å². The molecule has 2 amide bonds. The number of carbonyl (C=O) groups excluding carboxylic acids is 2. The molecule has 0 radical (unpaired) electrons. The van der Waals surface area contributed by atoms with Gasteiger partial charge in [-0.2, -0.15) is 0 Å². The number of nitrogens with zero attached hydrogens (tertiary/aromatic N) is 1. The Bertz CT molecular complexity index is 507. The summed E-state index contributed by atoms with van der Waals surface area (Å²) in [7, 11) is 0. The number of hydrogen-bond acceptors (Lipinski definition) is 3. The van der Waals surface area contributed by atoms with Gasteiger partial charge in [0.1, 0.15) is 12.6 Å². The Balaban J connectivity index is 2.28. The van der Waals surface area contributed by atoms with Crippen LogP contribution in [0.1, 0.15) is 31.9 Å². The highest BCUT2D eigenvalue weighted by atomic mass is 16.6. The second kappa shape index (κ2) is 5.69. The Hall–Kier alpha value is -2.10. The maximum atomic E-state index is 12.3. The van der Waals surface area contributed by atoms with Crippen molar-refractivity contribution in [3.63, 3.8) is 0 Å².